The lowest BCUT2D eigenvalue weighted by Crippen LogP contribution is -2.61. The van der Waals surface area contributed by atoms with Gasteiger partial charge in [0.25, 0.3) is 0 Å². The minimum Gasteiger partial charge on any atom is -0.296 e. The number of hydrogen-bond donors (Lipinski definition) is 2. The lowest BCUT2D eigenvalue weighted by Gasteiger charge is -2.44. The average Bonchev–Trinajstić information content (AvgIpc) is 3.00. The van der Waals surface area contributed by atoms with Crippen LogP contribution in [0, 0.1) is 0 Å². The summed E-state index contributed by atoms with van der Waals surface area (Å²) in [5.41, 5.74) is 4.25. The first kappa shape index (κ1) is 17.2. The Morgan fingerprint density at radius 1 is 1.43 bits per heavy atom. The molecule has 2 atom stereocenters. The summed E-state index contributed by atoms with van der Waals surface area (Å²) in [4.78, 5) is 2.57. The molecule has 5 heteroatoms. The van der Waals surface area contributed by atoms with E-state index in [4.69, 9.17) is 17.4 Å². The fourth-order valence-corrected chi connectivity index (χ4v) is 4.03. The van der Waals surface area contributed by atoms with Crippen LogP contribution in [0.3, 0.4) is 0 Å². The number of nitrogens with zero attached hydrogens (tertiary/aromatic N) is 1. The van der Waals surface area contributed by atoms with Gasteiger partial charge in [-0.15, -0.1) is 0 Å². The molecule has 0 amide bonds. The Hall–Kier alpha value is -0.130. The summed E-state index contributed by atoms with van der Waals surface area (Å²) >= 11 is 9.82. The number of halogens is 2. The molecule has 1 saturated heterocycles. The van der Waals surface area contributed by atoms with E-state index in [1.54, 1.807) is 0 Å². The molecule has 1 aromatic rings. The van der Waals surface area contributed by atoms with Crippen molar-refractivity contribution in [2.24, 2.45) is 5.84 Å². The van der Waals surface area contributed by atoms with Crippen molar-refractivity contribution in [2.75, 3.05) is 13.1 Å². The largest absolute Gasteiger partial charge is 0.296 e. The van der Waals surface area contributed by atoms with Gasteiger partial charge in [0.1, 0.15) is 0 Å². The molecule has 21 heavy (non-hydrogen) atoms. The van der Waals surface area contributed by atoms with Crippen molar-refractivity contribution >= 4 is 27.5 Å². The van der Waals surface area contributed by atoms with Crippen LogP contribution in [0.5, 0.6) is 0 Å². The molecular weight excluding hydrogens is 350 g/mol. The molecule has 0 spiro atoms. The van der Waals surface area contributed by atoms with E-state index in [9.17, 15) is 0 Å². The molecular formula is C16H25BrClN3. The molecule has 1 aliphatic rings. The lowest BCUT2D eigenvalue weighted by molar-refractivity contribution is 0.0841. The number of likely N-dealkylation sites (tertiary alicyclic amines) is 1. The molecule has 2 unspecified atom stereocenters. The van der Waals surface area contributed by atoms with Crippen LogP contribution in [0.2, 0.25) is 5.02 Å². The number of rotatable bonds is 6. The van der Waals surface area contributed by atoms with Gasteiger partial charge in [0.15, 0.2) is 0 Å². The molecule has 1 aromatic carbocycles. The second-order valence-electron chi connectivity index (χ2n) is 6.06. The Morgan fingerprint density at radius 2 is 2.10 bits per heavy atom. The third-order valence-electron chi connectivity index (χ3n) is 4.94. The van der Waals surface area contributed by atoms with Gasteiger partial charge in [-0.3, -0.25) is 16.2 Å². The topological polar surface area (TPSA) is 41.3 Å². The number of hydrazine groups is 1. The summed E-state index contributed by atoms with van der Waals surface area (Å²) in [7, 11) is 0. The third kappa shape index (κ3) is 3.80. The highest BCUT2D eigenvalue weighted by molar-refractivity contribution is 9.10. The molecule has 3 N–H and O–H groups in total. The fourth-order valence-electron chi connectivity index (χ4n) is 3.28. The second-order valence-corrected chi connectivity index (χ2v) is 7.39. The Labute approximate surface area is 141 Å². The maximum atomic E-state index is 6.37. The highest BCUT2D eigenvalue weighted by atomic mass is 79.9. The molecule has 0 bridgehead atoms. The number of nitrogens with two attached hydrogens (primary N) is 1. The maximum absolute atomic E-state index is 6.37. The van der Waals surface area contributed by atoms with Crippen molar-refractivity contribution in [3.05, 3.63) is 33.3 Å². The molecule has 1 heterocycles. The van der Waals surface area contributed by atoms with E-state index in [0.29, 0.717) is 0 Å². The van der Waals surface area contributed by atoms with Crippen LogP contribution in [0.4, 0.5) is 0 Å². The average molecular weight is 375 g/mol. The van der Waals surface area contributed by atoms with Crippen LogP contribution in [-0.4, -0.2) is 29.6 Å². The zero-order chi connectivity index (χ0) is 15.5. The van der Waals surface area contributed by atoms with E-state index in [1.165, 1.54) is 12.8 Å². The number of benzene rings is 1. The highest BCUT2D eigenvalue weighted by Gasteiger charge is 2.39. The Kier molecular flexibility index (Phi) is 6.09. The first-order valence-electron chi connectivity index (χ1n) is 7.66. The maximum Gasteiger partial charge on any atom is 0.0449 e. The summed E-state index contributed by atoms with van der Waals surface area (Å²) in [5, 5.41) is 0.796. The van der Waals surface area contributed by atoms with E-state index in [0.717, 1.165) is 41.0 Å². The summed E-state index contributed by atoms with van der Waals surface area (Å²) in [6, 6.07) is 6.24. The van der Waals surface area contributed by atoms with Crippen molar-refractivity contribution in [2.45, 2.75) is 51.1 Å². The van der Waals surface area contributed by atoms with Crippen molar-refractivity contribution in [3.8, 4) is 0 Å². The Morgan fingerprint density at radius 3 is 2.62 bits per heavy atom. The van der Waals surface area contributed by atoms with Gasteiger partial charge in [-0.25, -0.2) is 0 Å². The third-order valence-corrected chi connectivity index (χ3v) is 5.78. The van der Waals surface area contributed by atoms with Crippen molar-refractivity contribution in [1.82, 2.24) is 10.3 Å². The predicted octanol–water partition coefficient (Wildman–Crippen LogP) is 3.74. The first-order valence-corrected chi connectivity index (χ1v) is 8.83. The van der Waals surface area contributed by atoms with Gasteiger partial charge in [0.2, 0.25) is 0 Å². The molecule has 118 valence electrons. The van der Waals surface area contributed by atoms with Crippen LogP contribution in [0.1, 0.15) is 38.7 Å². The zero-order valence-electron chi connectivity index (χ0n) is 12.8. The molecule has 0 aliphatic carbocycles. The molecule has 2 rings (SSSR count). The summed E-state index contributed by atoms with van der Waals surface area (Å²) < 4.78 is 1.01. The molecule has 3 nitrogen and oxygen atoms in total. The smallest absolute Gasteiger partial charge is 0.0449 e. The highest BCUT2D eigenvalue weighted by Crippen LogP contribution is 2.31. The van der Waals surface area contributed by atoms with Crippen LogP contribution in [-0.2, 0) is 6.42 Å². The predicted molar refractivity (Wildman–Crippen MR) is 93.5 cm³/mol. The molecule has 0 radical (unpaired) electrons. The minimum absolute atomic E-state index is 0.0572. The first-order chi connectivity index (χ1) is 10.0. The Balaban J connectivity index is 2.20. The van der Waals surface area contributed by atoms with E-state index in [2.05, 4.69) is 46.2 Å². The molecule has 0 saturated carbocycles. The van der Waals surface area contributed by atoms with E-state index in [-0.39, 0.29) is 11.6 Å². The quantitative estimate of drug-likeness (QED) is 0.588. The zero-order valence-corrected chi connectivity index (χ0v) is 15.2. The summed E-state index contributed by atoms with van der Waals surface area (Å²) in [6.07, 6.45) is 4.47. The lowest BCUT2D eigenvalue weighted by atomic mass is 9.84. The number of nitrogens with one attached hydrogen (secondary N) is 1. The van der Waals surface area contributed by atoms with E-state index < -0.39 is 0 Å². The van der Waals surface area contributed by atoms with E-state index in [1.807, 2.05) is 12.1 Å². The normalized spacial score (nSPS) is 20.4. The molecule has 0 aromatic heterocycles. The second kappa shape index (κ2) is 7.42. The number of hydrogen-bond acceptors (Lipinski definition) is 3. The van der Waals surface area contributed by atoms with Crippen LogP contribution < -0.4 is 11.3 Å². The standard InChI is InChI=1S/C16H25BrClN3/c1-3-16(2,21-8-4-5-9-21)15(20-19)10-12-6-7-13(17)11-14(12)18/h6-7,11,15,20H,3-5,8-10,19H2,1-2H3. The SMILES string of the molecule is CCC(C)(C(Cc1ccc(Br)cc1Cl)NN)N1CCCC1. The van der Waals surface area contributed by atoms with Gasteiger partial charge in [-0.05, 0) is 63.4 Å². The van der Waals surface area contributed by atoms with Crippen molar-refractivity contribution in [3.63, 3.8) is 0 Å². The monoisotopic (exact) mass is 373 g/mol. The van der Waals surface area contributed by atoms with Crippen LogP contribution in [0.25, 0.3) is 0 Å². The van der Waals surface area contributed by atoms with Gasteiger partial charge in [0.05, 0.1) is 0 Å². The Bertz CT molecular complexity index is 477. The van der Waals surface area contributed by atoms with Gasteiger partial charge in [-0.1, -0.05) is 40.5 Å². The van der Waals surface area contributed by atoms with Gasteiger partial charge in [0, 0.05) is 21.1 Å². The summed E-state index contributed by atoms with van der Waals surface area (Å²) in [5.74, 6) is 5.90. The van der Waals surface area contributed by atoms with Crippen LogP contribution >= 0.6 is 27.5 Å². The molecule has 1 fully saturated rings. The van der Waals surface area contributed by atoms with Gasteiger partial charge < -0.3 is 0 Å². The van der Waals surface area contributed by atoms with E-state index >= 15 is 0 Å². The minimum atomic E-state index is 0.0572. The van der Waals surface area contributed by atoms with Crippen molar-refractivity contribution < 1.29 is 0 Å². The van der Waals surface area contributed by atoms with Crippen molar-refractivity contribution in [1.29, 1.82) is 0 Å². The fraction of sp³-hybridized carbons (Fsp3) is 0.625. The molecule has 1 aliphatic heterocycles. The van der Waals surface area contributed by atoms with Gasteiger partial charge in [-0.2, -0.15) is 0 Å². The van der Waals surface area contributed by atoms with Gasteiger partial charge >= 0.3 is 0 Å². The summed E-state index contributed by atoms with van der Waals surface area (Å²) in [6.45, 7) is 6.88. The van der Waals surface area contributed by atoms with Crippen LogP contribution in [0.15, 0.2) is 22.7 Å².